The first kappa shape index (κ1) is 19.9. The fraction of sp³-hybridized carbons (Fsp3) is 0.292. The average molecular weight is 404 g/mol. The van der Waals surface area contributed by atoms with Gasteiger partial charge in [-0.3, -0.25) is 4.79 Å². The largest absolute Gasteiger partial charge is 0.469 e. The highest BCUT2D eigenvalue weighted by atomic mass is 16.5. The van der Waals surface area contributed by atoms with Gasteiger partial charge in [-0.2, -0.15) is 0 Å². The van der Waals surface area contributed by atoms with Gasteiger partial charge in [-0.15, -0.1) is 0 Å². The van der Waals surface area contributed by atoms with Crippen molar-refractivity contribution in [1.82, 2.24) is 9.97 Å². The zero-order valence-corrected chi connectivity index (χ0v) is 17.2. The molecule has 0 atom stereocenters. The molecule has 4 aromatic rings. The maximum absolute atomic E-state index is 11.3. The Bertz CT molecular complexity index is 1140. The van der Waals surface area contributed by atoms with Gasteiger partial charge < -0.3 is 13.6 Å². The maximum atomic E-state index is 11.3. The molecule has 0 saturated carbocycles. The van der Waals surface area contributed by atoms with Gasteiger partial charge in [-0.1, -0.05) is 24.3 Å². The van der Waals surface area contributed by atoms with Gasteiger partial charge in [0.2, 0.25) is 5.89 Å². The first-order valence-corrected chi connectivity index (χ1v) is 10.1. The van der Waals surface area contributed by atoms with Crippen LogP contribution < -0.4 is 0 Å². The molecule has 0 spiro atoms. The molecule has 4 rings (SSSR count). The topological polar surface area (TPSA) is 78.4 Å². The predicted molar refractivity (Wildman–Crippen MR) is 113 cm³/mol. The molecule has 0 saturated heterocycles. The third-order valence-electron chi connectivity index (χ3n) is 5.06. The van der Waals surface area contributed by atoms with Crippen LogP contribution in [0.5, 0.6) is 0 Å². The number of ether oxygens (including phenoxy) is 1. The van der Waals surface area contributed by atoms with Crippen LogP contribution in [0, 0.1) is 6.92 Å². The third-order valence-corrected chi connectivity index (χ3v) is 5.06. The highest BCUT2D eigenvalue weighted by Crippen LogP contribution is 2.23. The number of oxazole rings is 2. The van der Waals surface area contributed by atoms with Crippen LogP contribution >= 0.6 is 0 Å². The van der Waals surface area contributed by atoms with Crippen molar-refractivity contribution in [1.29, 1.82) is 0 Å². The minimum absolute atomic E-state index is 0.213. The molecule has 0 aliphatic rings. The van der Waals surface area contributed by atoms with Crippen molar-refractivity contribution in [3.63, 3.8) is 0 Å². The lowest BCUT2D eigenvalue weighted by Gasteiger charge is -1.99. The Labute approximate surface area is 174 Å². The molecule has 6 heteroatoms. The lowest BCUT2D eigenvalue weighted by atomic mass is 10.1. The van der Waals surface area contributed by atoms with E-state index in [4.69, 9.17) is 13.6 Å². The second-order valence-corrected chi connectivity index (χ2v) is 7.23. The molecule has 0 aliphatic heterocycles. The first-order valence-electron chi connectivity index (χ1n) is 10.1. The molecule has 2 heterocycles. The fourth-order valence-corrected chi connectivity index (χ4v) is 3.40. The summed E-state index contributed by atoms with van der Waals surface area (Å²) < 4.78 is 16.4. The van der Waals surface area contributed by atoms with E-state index in [1.807, 2.05) is 55.5 Å². The molecule has 2 aromatic heterocycles. The van der Waals surface area contributed by atoms with Gasteiger partial charge in [0.25, 0.3) is 0 Å². The number of carbonyl (C=O) groups excluding carboxylic acids is 1. The normalized spacial score (nSPS) is 11.1. The summed E-state index contributed by atoms with van der Waals surface area (Å²) in [6.45, 7) is 1.95. The Balaban J connectivity index is 1.37. The SMILES string of the molecule is COC(=O)CCc1ccc2oc(CCCc3nc(-c4ccccc4)oc3C)nc2c1. The molecular weight excluding hydrogens is 380 g/mol. The van der Waals surface area contributed by atoms with Crippen LogP contribution in [0.4, 0.5) is 0 Å². The zero-order valence-electron chi connectivity index (χ0n) is 17.2. The van der Waals surface area contributed by atoms with Gasteiger partial charge in [-0.05, 0) is 56.0 Å². The van der Waals surface area contributed by atoms with Crippen LogP contribution in [-0.2, 0) is 28.8 Å². The number of fused-ring (bicyclic) bond motifs is 1. The van der Waals surface area contributed by atoms with E-state index in [1.54, 1.807) is 0 Å². The van der Waals surface area contributed by atoms with Gasteiger partial charge in [0.1, 0.15) is 11.3 Å². The summed E-state index contributed by atoms with van der Waals surface area (Å²) >= 11 is 0. The third kappa shape index (κ3) is 4.59. The molecule has 0 bridgehead atoms. The summed E-state index contributed by atoms with van der Waals surface area (Å²) in [4.78, 5) is 20.6. The first-order chi connectivity index (χ1) is 14.6. The molecule has 0 fully saturated rings. The number of benzene rings is 2. The number of aromatic nitrogens is 2. The minimum Gasteiger partial charge on any atom is -0.469 e. The molecule has 0 unspecified atom stereocenters. The number of hydrogen-bond acceptors (Lipinski definition) is 6. The Morgan fingerprint density at radius 2 is 1.83 bits per heavy atom. The van der Waals surface area contributed by atoms with Gasteiger partial charge in [0, 0.05) is 18.4 Å². The molecular formula is C24H24N2O4. The van der Waals surface area contributed by atoms with Gasteiger partial charge in [0.05, 0.1) is 12.8 Å². The van der Waals surface area contributed by atoms with Crippen molar-refractivity contribution < 1.29 is 18.4 Å². The van der Waals surface area contributed by atoms with Crippen molar-refractivity contribution in [3.8, 4) is 11.5 Å². The summed E-state index contributed by atoms with van der Waals surface area (Å²) in [5, 5.41) is 0. The summed E-state index contributed by atoms with van der Waals surface area (Å²) in [7, 11) is 1.40. The van der Waals surface area contributed by atoms with E-state index >= 15 is 0 Å². The van der Waals surface area contributed by atoms with Gasteiger partial charge in [0.15, 0.2) is 11.5 Å². The van der Waals surface area contributed by atoms with Crippen molar-refractivity contribution in [2.45, 2.75) is 39.0 Å². The van der Waals surface area contributed by atoms with E-state index in [0.717, 1.165) is 52.9 Å². The Morgan fingerprint density at radius 3 is 2.63 bits per heavy atom. The number of hydrogen-bond donors (Lipinski definition) is 0. The second kappa shape index (κ2) is 8.95. The minimum atomic E-state index is -0.213. The van der Waals surface area contributed by atoms with E-state index in [0.29, 0.717) is 24.6 Å². The van der Waals surface area contributed by atoms with E-state index in [1.165, 1.54) is 7.11 Å². The van der Waals surface area contributed by atoms with E-state index in [2.05, 4.69) is 9.97 Å². The second-order valence-electron chi connectivity index (χ2n) is 7.23. The van der Waals surface area contributed by atoms with Gasteiger partial charge in [-0.25, -0.2) is 9.97 Å². The van der Waals surface area contributed by atoms with Crippen LogP contribution in [-0.4, -0.2) is 23.0 Å². The highest BCUT2D eigenvalue weighted by molar-refractivity contribution is 5.74. The number of nitrogens with zero attached hydrogens (tertiary/aromatic N) is 2. The Hall–Kier alpha value is -3.41. The number of aryl methyl sites for hydroxylation is 4. The Kier molecular flexibility index (Phi) is 5.93. The number of carbonyl (C=O) groups is 1. The number of rotatable bonds is 8. The molecule has 2 aromatic carbocycles. The van der Waals surface area contributed by atoms with Crippen LogP contribution in [0.15, 0.2) is 57.4 Å². The molecule has 0 radical (unpaired) electrons. The van der Waals surface area contributed by atoms with Crippen LogP contribution in [0.1, 0.15) is 35.7 Å². The molecule has 30 heavy (non-hydrogen) atoms. The molecule has 0 amide bonds. The van der Waals surface area contributed by atoms with Crippen molar-refractivity contribution in [2.24, 2.45) is 0 Å². The number of esters is 1. The molecule has 6 nitrogen and oxygen atoms in total. The quantitative estimate of drug-likeness (QED) is 0.382. The highest BCUT2D eigenvalue weighted by Gasteiger charge is 2.12. The molecule has 0 aliphatic carbocycles. The molecule has 0 N–H and O–H groups in total. The zero-order chi connectivity index (χ0) is 20.9. The summed E-state index contributed by atoms with van der Waals surface area (Å²) in [5.41, 5.74) is 4.57. The summed E-state index contributed by atoms with van der Waals surface area (Å²) in [6.07, 6.45) is 3.36. The van der Waals surface area contributed by atoms with Crippen molar-refractivity contribution in [2.75, 3.05) is 7.11 Å². The fourth-order valence-electron chi connectivity index (χ4n) is 3.40. The van der Waals surface area contributed by atoms with E-state index in [9.17, 15) is 4.79 Å². The average Bonchev–Trinajstić information content (AvgIpc) is 3.35. The van der Waals surface area contributed by atoms with Crippen molar-refractivity contribution in [3.05, 3.63) is 71.4 Å². The van der Waals surface area contributed by atoms with Crippen LogP contribution in [0.2, 0.25) is 0 Å². The van der Waals surface area contributed by atoms with Crippen molar-refractivity contribution >= 4 is 17.1 Å². The summed E-state index contributed by atoms with van der Waals surface area (Å²) in [6, 6.07) is 15.8. The van der Waals surface area contributed by atoms with Crippen LogP contribution in [0.3, 0.4) is 0 Å². The van der Waals surface area contributed by atoms with Crippen LogP contribution in [0.25, 0.3) is 22.6 Å². The van der Waals surface area contributed by atoms with Gasteiger partial charge >= 0.3 is 5.97 Å². The summed E-state index contributed by atoms with van der Waals surface area (Å²) in [5.74, 6) is 2.00. The van der Waals surface area contributed by atoms with E-state index in [-0.39, 0.29) is 5.97 Å². The maximum Gasteiger partial charge on any atom is 0.305 e. The monoisotopic (exact) mass is 404 g/mol. The standard InChI is InChI=1S/C24H24N2O4/c1-16-19(26-24(29-16)18-7-4-3-5-8-18)9-6-10-22-25-20-15-17(11-13-21(20)30-22)12-14-23(27)28-2/h3-5,7-8,11,13,15H,6,9-10,12,14H2,1-2H3. The smallest absolute Gasteiger partial charge is 0.305 e. The predicted octanol–water partition coefficient (Wildman–Crippen LogP) is 5.07. The lowest BCUT2D eigenvalue weighted by molar-refractivity contribution is -0.140. The number of methoxy groups -OCH3 is 1. The Morgan fingerprint density at radius 1 is 1.00 bits per heavy atom. The lowest BCUT2D eigenvalue weighted by Crippen LogP contribution is -2.01. The molecule has 154 valence electrons. The van der Waals surface area contributed by atoms with E-state index < -0.39 is 0 Å².